The van der Waals surface area contributed by atoms with Gasteiger partial charge in [0.1, 0.15) is 0 Å². The number of rotatable bonds is 8. The Bertz CT molecular complexity index is 721. The zero-order valence-corrected chi connectivity index (χ0v) is 18.4. The molecule has 1 aromatic heterocycles. The Balaban J connectivity index is 0.00000280. The number of nitrogens with zero attached hydrogens (tertiary/aromatic N) is 2. The number of ether oxygens (including phenoxy) is 2. The Kier molecular flexibility index (Phi) is 10.2. The highest BCUT2D eigenvalue weighted by atomic mass is 127. The topological polar surface area (TPSA) is 81.8 Å². The van der Waals surface area contributed by atoms with Gasteiger partial charge in [0.15, 0.2) is 5.96 Å². The Morgan fingerprint density at radius 2 is 2.00 bits per heavy atom. The van der Waals surface area contributed by atoms with Gasteiger partial charge in [0, 0.05) is 38.1 Å². The van der Waals surface area contributed by atoms with Crippen molar-refractivity contribution in [3.8, 4) is 0 Å². The molecule has 0 aliphatic carbocycles. The molecule has 0 unspecified atom stereocenters. The number of hydrogen-bond acceptors (Lipinski definition) is 4. The van der Waals surface area contributed by atoms with Gasteiger partial charge in [-0.3, -0.25) is 4.98 Å². The van der Waals surface area contributed by atoms with Gasteiger partial charge in [-0.25, -0.2) is 4.99 Å². The molecule has 1 saturated heterocycles. The van der Waals surface area contributed by atoms with Gasteiger partial charge >= 0.3 is 0 Å². The van der Waals surface area contributed by atoms with E-state index in [1.54, 1.807) is 6.20 Å². The summed E-state index contributed by atoms with van der Waals surface area (Å²) in [6.07, 6.45) is 4.87. The lowest BCUT2D eigenvalue weighted by Gasteiger charge is -2.22. The molecule has 7 heteroatoms. The average Bonchev–Trinajstić information content (AvgIpc) is 2.73. The van der Waals surface area contributed by atoms with Crippen LogP contribution in [0.5, 0.6) is 0 Å². The maximum Gasteiger partial charge on any atom is 0.188 e. The third-order valence-corrected chi connectivity index (χ3v) is 4.49. The standard InChI is InChI=1S/C21H28N4O2.HI/c22-21(24-11-7-19-6-1-2-10-23-19)25-15-17-4-3-5-18(14-17)16-27-20-8-12-26-13-9-20;/h1-6,10,14,20H,7-9,11-13,15-16H2,(H3,22,24,25);1H. The van der Waals surface area contributed by atoms with Crippen molar-refractivity contribution < 1.29 is 9.47 Å². The van der Waals surface area contributed by atoms with Gasteiger partial charge < -0.3 is 20.5 Å². The molecule has 0 saturated carbocycles. The molecule has 1 aromatic carbocycles. The second kappa shape index (κ2) is 12.7. The van der Waals surface area contributed by atoms with Crippen molar-refractivity contribution in [1.29, 1.82) is 0 Å². The minimum Gasteiger partial charge on any atom is -0.381 e. The van der Waals surface area contributed by atoms with Crippen molar-refractivity contribution in [2.24, 2.45) is 10.7 Å². The van der Waals surface area contributed by atoms with Crippen LogP contribution in [0.3, 0.4) is 0 Å². The van der Waals surface area contributed by atoms with E-state index in [0.717, 1.165) is 49.3 Å². The van der Waals surface area contributed by atoms with Gasteiger partial charge in [0.05, 0.1) is 19.3 Å². The predicted molar refractivity (Wildman–Crippen MR) is 122 cm³/mol. The number of nitrogens with one attached hydrogen (secondary N) is 1. The van der Waals surface area contributed by atoms with Crippen LogP contribution in [-0.2, 0) is 29.0 Å². The van der Waals surface area contributed by atoms with Gasteiger partial charge in [-0.05, 0) is 36.1 Å². The van der Waals surface area contributed by atoms with Crippen molar-refractivity contribution in [2.75, 3.05) is 19.8 Å². The zero-order valence-electron chi connectivity index (χ0n) is 16.0. The van der Waals surface area contributed by atoms with Crippen LogP contribution < -0.4 is 11.1 Å². The van der Waals surface area contributed by atoms with E-state index in [0.29, 0.717) is 31.8 Å². The van der Waals surface area contributed by atoms with Crippen molar-refractivity contribution in [3.05, 3.63) is 65.5 Å². The van der Waals surface area contributed by atoms with E-state index in [9.17, 15) is 0 Å². The second-order valence-electron chi connectivity index (χ2n) is 6.64. The van der Waals surface area contributed by atoms with E-state index in [-0.39, 0.29) is 24.0 Å². The summed E-state index contributed by atoms with van der Waals surface area (Å²) in [5, 5.41) is 3.14. The highest BCUT2D eigenvalue weighted by molar-refractivity contribution is 14.0. The Hall–Kier alpha value is -1.71. The van der Waals surface area contributed by atoms with Crippen LogP contribution >= 0.6 is 24.0 Å². The normalized spacial score (nSPS) is 15.1. The van der Waals surface area contributed by atoms with Crippen LogP contribution in [0.1, 0.15) is 29.7 Å². The number of guanidine groups is 1. The molecule has 0 bridgehead atoms. The van der Waals surface area contributed by atoms with Crippen LogP contribution in [0.4, 0.5) is 0 Å². The third kappa shape index (κ3) is 8.12. The maximum atomic E-state index is 5.99. The van der Waals surface area contributed by atoms with E-state index in [1.165, 1.54) is 0 Å². The Labute approximate surface area is 184 Å². The lowest BCUT2D eigenvalue weighted by atomic mass is 10.1. The molecule has 28 heavy (non-hydrogen) atoms. The van der Waals surface area contributed by atoms with E-state index >= 15 is 0 Å². The largest absolute Gasteiger partial charge is 0.381 e. The SMILES string of the molecule is I.NC(=NCc1cccc(COC2CCOCC2)c1)NCCc1ccccn1. The molecule has 2 heterocycles. The summed E-state index contributed by atoms with van der Waals surface area (Å²) in [7, 11) is 0. The number of pyridine rings is 1. The summed E-state index contributed by atoms with van der Waals surface area (Å²) >= 11 is 0. The van der Waals surface area contributed by atoms with Gasteiger partial charge in [-0.15, -0.1) is 24.0 Å². The fourth-order valence-corrected chi connectivity index (χ4v) is 2.97. The summed E-state index contributed by atoms with van der Waals surface area (Å²) in [6, 6.07) is 14.2. The number of halogens is 1. The first kappa shape index (κ1) is 22.6. The fraction of sp³-hybridized carbons (Fsp3) is 0.429. The molecule has 3 rings (SSSR count). The molecule has 0 amide bonds. The first-order valence-electron chi connectivity index (χ1n) is 9.50. The molecule has 1 aliphatic heterocycles. The number of aromatic nitrogens is 1. The van der Waals surface area contributed by atoms with Gasteiger partial charge in [0.2, 0.25) is 0 Å². The summed E-state index contributed by atoms with van der Waals surface area (Å²) < 4.78 is 11.3. The second-order valence-corrected chi connectivity index (χ2v) is 6.64. The molecule has 2 aromatic rings. The number of nitrogens with two attached hydrogens (primary N) is 1. The number of hydrogen-bond donors (Lipinski definition) is 2. The third-order valence-electron chi connectivity index (χ3n) is 4.49. The highest BCUT2D eigenvalue weighted by Crippen LogP contribution is 2.14. The van der Waals surface area contributed by atoms with E-state index in [1.807, 2.05) is 24.3 Å². The fourth-order valence-electron chi connectivity index (χ4n) is 2.97. The predicted octanol–water partition coefficient (Wildman–Crippen LogP) is 3.04. The van der Waals surface area contributed by atoms with Gasteiger partial charge in [0.25, 0.3) is 0 Å². The van der Waals surface area contributed by atoms with Crippen molar-refractivity contribution in [2.45, 2.75) is 38.5 Å². The molecule has 0 spiro atoms. The minimum absolute atomic E-state index is 0. The number of aliphatic imine (C=N–C) groups is 1. The van der Waals surface area contributed by atoms with Gasteiger partial charge in [-0.2, -0.15) is 0 Å². The first-order chi connectivity index (χ1) is 13.3. The van der Waals surface area contributed by atoms with Gasteiger partial charge in [-0.1, -0.05) is 30.3 Å². The molecular formula is C21H29IN4O2. The average molecular weight is 496 g/mol. The Morgan fingerprint density at radius 1 is 1.18 bits per heavy atom. The molecule has 1 aliphatic rings. The first-order valence-corrected chi connectivity index (χ1v) is 9.50. The monoisotopic (exact) mass is 496 g/mol. The van der Waals surface area contributed by atoms with Crippen LogP contribution in [0.15, 0.2) is 53.7 Å². The molecule has 0 atom stereocenters. The molecular weight excluding hydrogens is 467 g/mol. The summed E-state index contributed by atoms with van der Waals surface area (Å²) in [4.78, 5) is 8.71. The number of benzene rings is 1. The molecule has 152 valence electrons. The van der Waals surface area contributed by atoms with Crippen molar-refractivity contribution >= 4 is 29.9 Å². The van der Waals surface area contributed by atoms with Crippen LogP contribution in [0, 0.1) is 0 Å². The zero-order chi connectivity index (χ0) is 18.7. The van der Waals surface area contributed by atoms with E-state index in [2.05, 4.69) is 33.5 Å². The molecule has 1 fully saturated rings. The smallest absolute Gasteiger partial charge is 0.188 e. The van der Waals surface area contributed by atoms with Crippen molar-refractivity contribution in [1.82, 2.24) is 10.3 Å². The lowest BCUT2D eigenvalue weighted by molar-refractivity contribution is -0.0390. The molecule has 3 N–H and O–H groups in total. The molecule has 6 nitrogen and oxygen atoms in total. The van der Waals surface area contributed by atoms with Crippen LogP contribution in [0.25, 0.3) is 0 Å². The lowest BCUT2D eigenvalue weighted by Crippen LogP contribution is -2.33. The maximum absolute atomic E-state index is 5.99. The molecule has 0 radical (unpaired) electrons. The van der Waals surface area contributed by atoms with E-state index < -0.39 is 0 Å². The summed E-state index contributed by atoms with van der Waals surface area (Å²) in [6.45, 7) is 3.48. The van der Waals surface area contributed by atoms with E-state index in [4.69, 9.17) is 15.2 Å². The summed E-state index contributed by atoms with van der Waals surface area (Å²) in [5.74, 6) is 0.454. The summed E-state index contributed by atoms with van der Waals surface area (Å²) in [5.41, 5.74) is 9.28. The van der Waals surface area contributed by atoms with Crippen LogP contribution in [0.2, 0.25) is 0 Å². The quantitative estimate of drug-likeness (QED) is 0.334. The van der Waals surface area contributed by atoms with Crippen LogP contribution in [-0.4, -0.2) is 36.8 Å². The Morgan fingerprint density at radius 3 is 2.79 bits per heavy atom. The minimum atomic E-state index is 0. The van der Waals surface area contributed by atoms with Crippen molar-refractivity contribution in [3.63, 3.8) is 0 Å². The highest BCUT2D eigenvalue weighted by Gasteiger charge is 2.13.